The van der Waals surface area contributed by atoms with Crippen LogP contribution in [0.5, 0.6) is 11.5 Å². The molecular formula is C28H33FN6O3. The lowest BCUT2D eigenvalue weighted by molar-refractivity contribution is 0.145. The zero-order valence-electron chi connectivity index (χ0n) is 22.2. The van der Waals surface area contributed by atoms with Gasteiger partial charge in [0.05, 0.1) is 17.1 Å². The lowest BCUT2D eigenvalue weighted by Gasteiger charge is -2.33. The molecule has 4 aromatic rings. The summed E-state index contributed by atoms with van der Waals surface area (Å²) in [5.74, 6) is 1.74. The first kappa shape index (κ1) is 25.8. The van der Waals surface area contributed by atoms with E-state index in [1.54, 1.807) is 18.2 Å². The minimum atomic E-state index is -0.288. The number of fused-ring (bicyclic) bond motifs is 2. The maximum absolute atomic E-state index is 13.7. The predicted octanol–water partition coefficient (Wildman–Crippen LogP) is 5.07. The molecule has 1 aliphatic rings. The van der Waals surface area contributed by atoms with E-state index in [4.69, 9.17) is 9.47 Å². The van der Waals surface area contributed by atoms with Crippen molar-refractivity contribution < 1.29 is 13.9 Å². The fourth-order valence-electron chi connectivity index (χ4n) is 4.81. The van der Waals surface area contributed by atoms with Gasteiger partial charge in [0.2, 0.25) is 6.79 Å². The van der Waals surface area contributed by atoms with Gasteiger partial charge in [0.1, 0.15) is 5.82 Å². The molecule has 38 heavy (non-hydrogen) atoms. The third-order valence-corrected chi connectivity index (χ3v) is 7.32. The Morgan fingerprint density at radius 2 is 1.84 bits per heavy atom. The summed E-state index contributed by atoms with van der Waals surface area (Å²) in [5, 5.41) is 13.7. The fourth-order valence-corrected chi connectivity index (χ4v) is 4.81. The molecule has 1 N–H and O–H groups in total. The highest BCUT2D eigenvalue weighted by molar-refractivity contribution is 5.83. The highest BCUT2D eigenvalue weighted by Gasteiger charge is 2.31. The van der Waals surface area contributed by atoms with E-state index in [0.29, 0.717) is 35.7 Å². The molecular weight excluding hydrogens is 487 g/mol. The van der Waals surface area contributed by atoms with Crippen molar-refractivity contribution in [3.8, 4) is 11.5 Å². The SMILES string of the molecule is CCC[C@@H](c1nnnn1C(C)(C)CC)N(Cc1ccc(F)cc1)Cc1cc2cc3c(cc2[nH]c1=O)OCO3. The summed E-state index contributed by atoms with van der Waals surface area (Å²) in [5.41, 5.74) is 1.76. The van der Waals surface area contributed by atoms with Crippen molar-refractivity contribution >= 4 is 10.9 Å². The number of hydrogen-bond donors (Lipinski definition) is 1. The molecule has 0 radical (unpaired) electrons. The average molecular weight is 521 g/mol. The van der Waals surface area contributed by atoms with Crippen molar-refractivity contribution in [2.75, 3.05) is 6.79 Å². The van der Waals surface area contributed by atoms with E-state index < -0.39 is 0 Å². The van der Waals surface area contributed by atoms with Gasteiger partial charge in [-0.25, -0.2) is 9.07 Å². The van der Waals surface area contributed by atoms with Gasteiger partial charge in [0.15, 0.2) is 17.3 Å². The predicted molar refractivity (Wildman–Crippen MR) is 141 cm³/mol. The molecule has 1 aliphatic heterocycles. The van der Waals surface area contributed by atoms with Crippen LogP contribution in [0.15, 0.2) is 47.3 Å². The second-order valence-electron chi connectivity index (χ2n) is 10.4. The molecule has 1 atom stereocenters. The lowest BCUT2D eigenvalue weighted by atomic mass is 10.00. The van der Waals surface area contributed by atoms with Crippen molar-refractivity contribution in [2.45, 2.75) is 71.6 Å². The van der Waals surface area contributed by atoms with Gasteiger partial charge in [-0.2, -0.15) is 0 Å². The van der Waals surface area contributed by atoms with Crippen LogP contribution in [0.25, 0.3) is 10.9 Å². The van der Waals surface area contributed by atoms with Gasteiger partial charge in [-0.15, -0.1) is 5.10 Å². The molecule has 0 saturated carbocycles. The zero-order chi connectivity index (χ0) is 26.9. The summed E-state index contributed by atoms with van der Waals surface area (Å²) in [4.78, 5) is 18.5. The van der Waals surface area contributed by atoms with Crippen LogP contribution in [0.2, 0.25) is 0 Å². The summed E-state index contributed by atoms with van der Waals surface area (Å²) in [6.45, 7) is 9.45. The van der Waals surface area contributed by atoms with Crippen LogP contribution < -0.4 is 15.0 Å². The van der Waals surface area contributed by atoms with Crippen LogP contribution in [-0.2, 0) is 18.6 Å². The van der Waals surface area contributed by atoms with Gasteiger partial charge in [-0.3, -0.25) is 9.69 Å². The first-order chi connectivity index (χ1) is 18.3. The topological polar surface area (TPSA) is 98.2 Å². The van der Waals surface area contributed by atoms with E-state index in [2.05, 4.69) is 53.1 Å². The summed E-state index contributed by atoms with van der Waals surface area (Å²) in [6.07, 6.45) is 2.52. The lowest BCUT2D eigenvalue weighted by Crippen LogP contribution is -2.36. The number of nitrogens with one attached hydrogen (secondary N) is 1. The number of pyridine rings is 1. The van der Waals surface area contributed by atoms with Crippen LogP contribution in [0.1, 0.15) is 70.0 Å². The number of aromatic nitrogens is 5. The molecule has 2 aromatic heterocycles. The number of ether oxygens (including phenoxy) is 2. The molecule has 9 nitrogen and oxygen atoms in total. The molecule has 2 aromatic carbocycles. The molecule has 0 bridgehead atoms. The third-order valence-electron chi connectivity index (χ3n) is 7.32. The fraction of sp³-hybridized carbons (Fsp3) is 0.429. The van der Waals surface area contributed by atoms with E-state index in [-0.39, 0.29) is 29.8 Å². The maximum atomic E-state index is 13.7. The summed E-state index contributed by atoms with van der Waals surface area (Å²) in [6, 6.07) is 11.9. The van der Waals surface area contributed by atoms with E-state index in [1.807, 2.05) is 16.8 Å². The monoisotopic (exact) mass is 520 g/mol. The molecule has 0 aliphatic carbocycles. The van der Waals surface area contributed by atoms with Crippen LogP contribution in [0, 0.1) is 5.82 Å². The van der Waals surface area contributed by atoms with Crippen LogP contribution in [0.4, 0.5) is 4.39 Å². The first-order valence-electron chi connectivity index (χ1n) is 13.0. The van der Waals surface area contributed by atoms with Crippen LogP contribution >= 0.6 is 0 Å². The minimum Gasteiger partial charge on any atom is -0.454 e. The van der Waals surface area contributed by atoms with Gasteiger partial charge in [0.25, 0.3) is 5.56 Å². The van der Waals surface area contributed by atoms with Gasteiger partial charge in [-0.1, -0.05) is 32.4 Å². The Morgan fingerprint density at radius 1 is 1.11 bits per heavy atom. The summed E-state index contributed by atoms with van der Waals surface area (Å²) in [7, 11) is 0. The second kappa shape index (κ2) is 10.5. The molecule has 0 unspecified atom stereocenters. The number of aromatic amines is 1. The molecule has 0 amide bonds. The number of rotatable bonds is 10. The molecule has 0 saturated heterocycles. The molecule has 0 fully saturated rings. The van der Waals surface area contributed by atoms with E-state index in [9.17, 15) is 9.18 Å². The van der Waals surface area contributed by atoms with Gasteiger partial charge < -0.3 is 14.5 Å². The first-order valence-corrected chi connectivity index (χ1v) is 13.0. The Bertz CT molecular complexity index is 1480. The normalized spacial score (nSPS) is 13.9. The van der Waals surface area contributed by atoms with E-state index in [0.717, 1.165) is 36.0 Å². The van der Waals surface area contributed by atoms with Crippen molar-refractivity contribution in [1.82, 2.24) is 30.1 Å². The van der Waals surface area contributed by atoms with E-state index in [1.165, 1.54) is 12.1 Å². The Hall–Kier alpha value is -3.79. The Kier molecular flexibility index (Phi) is 7.16. The Labute approximate surface area is 220 Å². The average Bonchev–Trinajstić information content (AvgIpc) is 3.57. The number of H-pyrrole nitrogens is 1. The van der Waals surface area contributed by atoms with E-state index >= 15 is 0 Å². The quantitative estimate of drug-likeness (QED) is 0.312. The van der Waals surface area contributed by atoms with Gasteiger partial charge in [-0.05, 0) is 66.9 Å². The minimum absolute atomic E-state index is 0.162. The van der Waals surface area contributed by atoms with Crippen molar-refractivity contribution in [1.29, 1.82) is 0 Å². The van der Waals surface area contributed by atoms with Crippen LogP contribution in [0.3, 0.4) is 0 Å². The summed E-state index contributed by atoms with van der Waals surface area (Å²) >= 11 is 0. The Balaban J connectivity index is 1.57. The third kappa shape index (κ3) is 5.13. The van der Waals surface area contributed by atoms with Gasteiger partial charge >= 0.3 is 0 Å². The number of hydrogen-bond acceptors (Lipinski definition) is 7. The van der Waals surface area contributed by atoms with Crippen molar-refractivity contribution in [2.24, 2.45) is 0 Å². The standard InChI is InChI=1S/C28H33FN6O3/c1-5-7-23(26-31-32-33-35(26)28(3,4)6-2)34(15-18-8-10-21(29)11-9-18)16-20-12-19-13-24-25(38-17-37-24)14-22(19)30-27(20)36/h8-14,23H,5-7,15-17H2,1-4H3,(H,30,36)/t23-/m0/s1. The Morgan fingerprint density at radius 3 is 2.55 bits per heavy atom. The second-order valence-corrected chi connectivity index (χ2v) is 10.4. The molecule has 200 valence electrons. The highest BCUT2D eigenvalue weighted by atomic mass is 19.1. The van der Waals surface area contributed by atoms with Crippen molar-refractivity contribution in [3.63, 3.8) is 0 Å². The molecule has 10 heteroatoms. The van der Waals surface area contributed by atoms with Gasteiger partial charge in [0, 0.05) is 30.1 Å². The molecule has 3 heterocycles. The smallest absolute Gasteiger partial charge is 0.252 e. The zero-order valence-corrected chi connectivity index (χ0v) is 22.2. The highest BCUT2D eigenvalue weighted by Crippen LogP contribution is 2.36. The van der Waals surface area contributed by atoms with Crippen LogP contribution in [-0.4, -0.2) is 36.9 Å². The number of halogens is 1. The van der Waals surface area contributed by atoms with Crippen molar-refractivity contribution in [3.05, 3.63) is 75.6 Å². The molecule has 0 spiro atoms. The number of nitrogens with zero attached hydrogens (tertiary/aromatic N) is 5. The number of benzene rings is 2. The largest absolute Gasteiger partial charge is 0.454 e. The maximum Gasteiger partial charge on any atom is 0.252 e. The summed E-state index contributed by atoms with van der Waals surface area (Å²) < 4.78 is 26.6. The number of tetrazole rings is 1. The molecule has 5 rings (SSSR count).